The van der Waals surface area contributed by atoms with Crippen LogP contribution in [0.25, 0.3) is 0 Å². The van der Waals surface area contributed by atoms with Crippen LogP contribution >= 0.6 is 23.4 Å². The van der Waals surface area contributed by atoms with Crippen LogP contribution in [0, 0.1) is 6.92 Å². The molecule has 0 saturated carbocycles. The van der Waals surface area contributed by atoms with Gasteiger partial charge >= 0.3 is 0 Å². The molecule has 0 spiro atoms. The molecule has 0 atom stereocenters. The Bertz CT molecular complexity index is 533. The lowest BCUT2D eigenvalue weighted by Crippen LogP contribution is -1.97. The number of nitrogens with one attached hydrogen (secondary N) is 1. The van der Waals surface area contributed by atoms with E-state index in [9.17, 15) is 0 Å². The fraction of sp³-hybridized carbons (Fsp3) is 0.182. The minimum absolute atomic E-state index is 0.625. The normalized spacial score (nSPS) is 10.3. The predicted molar refractivity (Wildman–Crippen MR) is 69.7 cm³/mol. The number of rotatable bonds is 3. The van der Waals surface area contributed by atoms with Crippen molar-refractivity contribution in [1.82, 2.24) is 15.0 Å². The van der Waals surface area contributed by atoms with Crippen molar-refractivity contribution in [1.29, 1.82) is 0 Å². The lowest BCUT2D eigenvalue weighted by Gasteiger charge is -2.05. The van der Waals surface area contributed by atoms with Crippen molar-refractivity contribution in [3.8, 4) is 0 Å². The van der Waals surface area contributed by atoms with Gasteiger partial charge in [-0.25, -0.2) is 15.0 Å². The summed E-state index contributed by atoms with van der Waals surface area (Å²) in [7, 11) is 1.82. The summed E-state index contributed by atoms with van der Waals surface area (Å²) in [5.74, 6) is 1.50. The molecule has 2 heterocycles. The average Bonchev–Trinajstić information content (AvgIpc) is 2.31. The van der Waals surface area contributed by atoms with Crippen molar-refractivity contribution in [3.05, 3.63) is 35.2 Å². The Hall–Kier alpha value is -1.33. The highest BCUT2D eigenvalue weighted by Gasteiger charge is 2.06. The van der Waals surface area contributed by atoms with E-state index in [-0.39, 0.29) is 0 Å². The second-order valence-corrected chi connectivity index (χ2v) is 4.70. The van der Waals surface area contributed by atoms with Crippen molar-refractivity contribution >= 4 is 29.2 Å². The molecule has 6 heteroatoms. The van der Waals surface area contributed by atoms with Gasteiger partial charge in [-0.3, -0.25) is 0 Å². The van der Waals surface area contributed by atoms with E-state index in [1.807, 2.05) is 26.1 Å². The fourth-order valence-corrected chi connectivity index (χ4v) is 2.33. The van der Waals surface area contributed by atoms with Gasteiger partial charge in [-0.2, -0.15) is 0 Å². The average molecular weight is 267 g/mol. The van der Waals surface area contributed by atoms with Gasteiger partial charge in [-0.15, -0.1) is 0 Å². The molecule has 2 aromatic rings. The molecule has 0 amide bonds. The standard InChI is InChI=1S/C11H11ClN4S/c1-7-15-9(13-2)6-10(16-7)17-11-8(12)4-3-5-14-11/h3-6H,1-2H3,(H,13,15,16). The van der Waals surface area contributed by atoms with E-state index in [0.717, 1.165) is 15.9 Å². The first kappa shape index (κ1) is 12.1. The van der Waals surface area contributed by atoms with Crippen molar-refractivity contribution in [3.63, 3.8) is 0 Å². The molecule has 0 aliphatic carbocycles. The summed E-state index contributed by atoms with van der Waals surface area (Å²) >= 11 is 7.47. The molecule has 0 aromatic carbocycles. The van der Waals surface area contributed by atoms with Crippen LogP contribution < -0.4 is 5.32 Å². The van der Waals surface area contributed by atoms with E-state index < -0.39 is 0 Å². The summed E-state index contributed by atoms with van der Waals surface area (Å²) in [5.41, 5.74) is 0. The SMILES string of the molecule is CNc1cc(Sc2ncccc2Cl)nc(C)n1. The molecule has 4 nitrogen and oxygen atoms in total. The second kappa shape index (κ2) is 5.33. The van der Waals surface area contributed by atoms with Crippen LogP contribution in [0.2, 0.25) is 5.02 Å². The van der Waals surface area contributed by atoms with Gasteiger partial charge in [0.15, 0.2) is 0 Å². The van der Waals surface area contributed by atoms with Gasteiger partial charge in [0.2, 0.25) is 0 Å². The minimum Gasteiger partial charge on any atom is -0.373 e. The van der Waals surface area contributed by atoms with Gasteiger partial charge in [-0.1, -0.05) is 11.6 Å². The van der Waals surface area contributed by atoms with E-state index >= 15 is 0 Å². The minimum atomic E-state index is 0.625. The quantitative estimate of drug-likeness (QED) is 0.866. The number of aromatic nitrogens is 3. The molecular weight excluding hydrogens is 256 g/mol. The van der Waals surface area contributed by atoms with E-state index in [4.69, 9.17) is 11.6 Å². The fourth-order valence-electron chi connectivity index (χ4n) is 1.27. The van der Waals surface area contributed by atoms with Crippen LogP contribution in [0.15, 0.2) is 34.4 Å². The zero-order valence-electron chi connectivity index (χ0n) is 9.44. The molecule has 0 aliphatic heterocycles. The zero-order chi connectivity index (χ0) is 12.3. The van der Waals surface area contributed by atoms with Gasteiger partial charge in [0.25, 0.3) is 0 Å². The van der Waals surface area contributed by atoms with E-state index in [0.29, 0.717) is 10.8 Å². The van der Waals surface area contributed by atoms with Gasteiger partial charge in [0.05, 0.1) is 5.02 Å². The highest BCUT2D eigenvalue weighted by Crippen LogP contribution is 2.30. The molecule has 0 radical (unpaired) electrons. The summed E-state index contributed by atoms with van der Waals surface area (Å²) in [6.07, 6.45) is 1.71. The van der Waals surface area contributed by atoms with E-state index in [2.05, 4.69) is 20.3 Å². The van der Waals surface area contributed by atoms with Crippen molar-refractivity contribution in [2.24, 2.45) is 0 Å². The molecule has 0 saturated heterocycles. The largest absolute Gasteiger partial charge is 0.373 e. The van der Waals surface area contributed by atoms with Crippen LogP contribution in [0.1, 0.15) is 5.82 Å². The van der Waals surface area contributed by atoms with Crippen LogP contribution in [-0.2, 0) is 0 Å². The Balaban J connectivity index is 2.30. The van der Waals surface area contributed by atoms with Crippen LogP contribution in [0.3, 0.4) is 0 Å². The van der Waals surface area contributed by atoms with Gasteiger partial charge < -0.3 is 5.32 Å². The summed E-state index contributed by atoms with van der Waals surface area (Å²) in [6.45, 7) is 1.85. The maximum Gasteiger partial charge on any atom is 0.130 e. The number of anilines is 1. The molecular formula is C11H11ClN4S. The molecule has 88 valence electrons. The second-order valence-electron chi connectivity index (χ2n) is 3.28. The van der Waals surface area contributed by atoms with Crippen LogP contribution in [-0.4, -0.2) is 22.0 Å². The first-order valence-electron chi connectivity index (χ1n) is 5.01. The van der Waals surface area contributed by atoms with E-state index in [1.54, 1.807) is 12.3 Å². The lowest BCUT2D eigenvalue weighted by molar-refractivity contribution is 0.965. The first-order chi connectivity index (χ1) is 8.19. The number of hydrogen-bond acceptors (Lipinski definition) is 5. The van der Waals surface area contributed by atoms with Gasteiger partial charge in [0, 0.05) is 19.3 Å². The molecule has 1 N–H and O–H groups in total. The summed E-state index contributed by atoms with van der Waals surface area (Å²) in [6, 6.07) is 5.48. The molecule has 0 unspecified atom stereocenters. The zero-order valence-corrected chi connectivity index (χ0v) is 11.0. The van der Waals surface area contributed by atoms with Gasteiger partial charge in [-0.05, 0) is 30.8 Å². The third kappa shape index (κ3) is 3.08. The third-order valence-electron chi connectivity index (χ3n) is 2.00. The number of pyridine rings is 1. The van der Waals surface area contributed by atoms with Crippen LogP contribution in [0.4, 0.5) is 5.82 Å². The smallest absolute Gasteiger partial charge is 0.130 e. The van der Waals surface area contributed by atoms with Crippen molar-refractivity contribution in [2.75, 3.05) is 12.4 Å². The van der Waals surface area contributed by atoms with Gasteiger partial charge in [0.1, 0.15) is 21.7 Å². The maximum atomic E-state index is 6.05. The molecule has 17 heavy (non-hydrogen) atoms. The number of halogens is 1. The monoisotopic (exact) mass is 266 g/mol. The summed E-state index contributed by atoms with van der Waals surface area (Å²) < 4.78 is 0. The Kier molecular flexibility index (Phi) is 3.81. The van der Waals surface area contributed by atoms with Crippen LogP contribution in [0.5, 0.6) is 0 Å². The Morgan fingerprint density at radius 1 is 1.35 bits per heavy atom. The highest BCUT2D eigenvalue weighted by atomic mass is 35.5. The number of nitrogens with zero attached hydrogens (tertiary/aromatic N) is 3. The topological polar surface area (TPSA) is 50.7 Å². The van der Waals surface area contributed by atoms with Crippen molar-refractivity contribution in [2.45, 2.75) is 17.0 Å². The summed E-state index contributed by atoms with van der Waals surface area (Å²) in [4.78, 5) is 12.8. The molecule has 0 bridgehead atoms. The molecule has 0 fully saturated rings. The highest BCUT2D eigenvalue weighted by molar-refractivity contribution is 7.99. The third-order valence-corrected chi connectivity index (χ3v) is 3.35. The number of aryl methyl sites for hydroxylation is 1. The molecule has 2 aromatic heterocycles. The Morgan fingerprint density at radius 2 is 2.18 bits per heavy atom. The predicted octanol–water partition coefficient (Wildman–Crippen LogP) is 3.03. The Morgan fingerprint density at radius 3 is 2.88 bits per heavy atom. The molecule has 2 rings (SSSR count). The van der Waals surface area contributed by atoms with E-state index in [1.165, 1.54) is 11.8 Å². The number of hydrogen-bond donors (Lipinski definition) is 1. The first-order valence-corrected chi connectivity index (χ1v) is 6.20. The molecule has 0 aliphatic rings. The lowest BCUT2D eigenvalue weighted by atomic mass is 10.5. The van der Waals surface area contributed by atoms with Crippen molar-refractivity contribution < 1.29 is 0 Å². The Labute approximate surface area is 109 Å². The summed E-state index contributed by atoms with van der Waals surface area (Å²) in [5, 5.41) is 5.18. The maximum absolute atomic E-state index is 6.05.